The van der Waals surface area contributed by atoms with E-state index in [1.54, 1.807) is 0 Å². The maximum atomic E-state index is 12.8. The van der Waals surface area contributed by atoms with E-state index in [4.69, 9.17) is 24.3 Å². The van der Waals surface area contributed by atoms with Crippen molar-refractivity contribution in [3.05, 3.63) is 109 Å². The van der Waals surface area contributed by atoms with Crippen molar-refractivity contribution >= 4 is 19.8 Å². The summed E-state index contributed by atoms with van der Waals surface area (Å²) in [6.45, 7) is 3.64. The molecule has 0 radical (unpaired) electrons. The van der Waals surface area contributed by atoms with Gasteiger partial charge in [0, 0.05) is 19.4 Å². The fourth-order valence-electron chi connectivity index (χ4n) is 9.24. The van der Waals surface area contributed by atoms with E-state index in [1.165, 1.54) is 173 Å². The Morgan fingerprint density at radius 2 is 0.679 bits per heavy atom. The number of phosphoric ester groups is 1. The van der Waals surface area contributed by atoms with Crippen molar-refractivity contribution in [2.45, 2.75) is 302 Å². The molecular weight excluding hydrogens is 1030 g/mol. The Bertz CT molecular complexity index is 1690. The van der Waals surface area contributed by atoms with Gasteiger partial charge in [-0.2, -0.15) is 0 Å². The van der Waals surface area contributed by atoms with Gasteiger partial charge in [-0.3, -0.25) is 18.6 Å². The van der Waals surface area contributed by atoms with Gasteiger partial charge in [0.25, 0.3) is 0 Å². The Kier molecular flexibility index (Phi) is 63.1. The minimum absolute atomic E-state index is 0.0498. The van der Waals surface area contributed by atoms with Gasteiger partial charge in [0.2, 0.25) is 0 Å². The molecule has 2 atom stereocenters. The summed E-state index contributed by atoms with van der Waals surface area (Å²) in [6, 6.07) is 0. The van der Waals surface area contributed by atoms with Gasteiger partial charge in [-0.1, -0.05) is 290 Å². The number of rotatable bonds is 62. The highest BCUT2D eigenvalue weighted by atomic mass is 31.2. The van der Waals surface area contributed by atoms with Crippen LogP contribution >= 0.6 is 7.82 Å². The molecule has 3 N–H and O–H groups in total. The number of esters is 2. The second kappa shape index (κ2) is 65.8. The van der Waals surface area contributed by atoms with Gasteiger partial charge in [0.05, 0.1) is 13.2 Å². The second-order valence-electron chi connectivity index (χ2n) is 22.0. The zero-order chi connectivity index (χ0) is 58.7. The summed E-state index contributed by atoms with van der Waals surface area (Å²) in [4.78, 5) is 35.3. The average Bonchev–Trinajstić information content (AvgIpc) is 3.46. The number of hydrogen-bond donors (Lipinski definition) is 2. The molecule has 0 heterocycles. The number of allylic oxidation sites excluding steroid dienone is 18. The molecule has 0 aromatic carbocycles. The van der Waals surface area contributed by atoms with Gasteiger partial charge >= 0.3 is 19.8 Å². The lowest BCUT2D eigenvalue weighted by atomic mass is 10.0. The maximum absolute atomic E-state index is 12.8. The number of nitrogens with two attached hydrogens (primary N) is 1. The van der Waals surface area contributed by atoms with Crippen molar-refractivity contribution in [1.82, 2.24) is 0 Å². The molecule has 0 saturated heterocycles. The fourth-order valence-corrected chi connectivity index (χ4v) is 10.0. The molecule has 0 spiro atoms. The standard InChI is InChI=1S/C71H124NO8P/c1-3-5-7-9-11-13-15-17-19-21-23-25-27-29-30-31-32-33-34-35-36-37-38-40-42-44-46-48-50-52-54-56-58-60-62-64-71(74)80-69(68-79-81(75,76)78-66-65-72)67-77-70(73)63-61-59-57-55-53-51-49-47-45-43-41-39-28-26-24-22-20-18-16-14-12-10-8-6-4-2/h5,7,11,13,16-19,22-25,29-30,32-33,35-36,69H,3-4,6,8-10,12,14-15,20-21,26-28,31,34,37-68,72H2,1-2H3,(H,75,76)/b7-5-,13-11-,18-16-,19-17-,24-22-,25-23-,30-29-,33-32-,36-35-. The van der Waals surface area contributed by atoms with Crippen LogP contribution in [0.15, 0.2) is 109 Å². The monoisotopic (exact) mass is 1150 g/mol. The van der Waals surface area contributed by atoms with E-state index in [0.29, 0.717) is 6.42 Å². The van der Waals surface area contributed by atoms with E-state index >= 15 is 0 Å². The smallest absolute Gasteiger partial charge is 0.462 e. The summed E-state index contributed by atoms with van der Waals surface area (Å²) >= 11 is 0. The van der Waals surface area contributed by atoms with Gasteiger partial charge in [-0.05, 0) is 103 Å². The third kappa shape index (κ3) is 65.7. The van der Waals surface area contributed by atoms with E-state index < -0.39 is 26.5 Å². The zero-order valence-electron chi connectivity index (χ0n) is 52.2. The Balaban J connectivity index is 3.92. The number of carbonyl (C=O) groups is 2. The average molecular weight is 1150 g/mol. The van der Waals surface area contributed by atoms with Gasteiger partial charge in [0.1, 0.15) is 6.61 Å². The van der Waals surface area contributed by atoms with Gasteiger partial charge in [-0.25, -0.2) is 4.57 Å². The quantitative estimate of drug-likeness (QED) is 0.0264. The van der Waals surface area contributed by atoms with Gasteiger partial charge in [0.15, 0.2) is 6.10 Å². The summed E-state index contributed by atoms with van der Waals surface area (Å²) in [5.41, 5.74) is 5.40. The van der Waals surface area contributed by atoms with Gasteiger partial charge < -0.3 is 20.1 Å². The molecule has 9 nitrogen and oxygen atoms in total. The summed E-state index contributed by atoms with van der Waals surface area (Å²) in [5.74, 6) is -0.825. The van der Waals surface area contributed by atoms with Crippen LogP contribution in [0.1, 0.15) is 296 Å². The number of phosphoric acid groups is 1. The predicted octanol–water partition coefficient (Wildman–Crippen LogP) is 21.7. The van der Waals surface area contributed by atoms with Crippen LogP contribution in [0.5, 0.6) is 0 Å². The van der Waals surface area contributed by atoms with Crippen LogP contribution in [0.3, 0.4) is 0 Å². The zero-order valence-corrected chi connectivity index (χ0v) is 53.1. The normalized spacial score (nSPS) is 13.7. The first-order valence-electron chi connectivity index (χ1n) is 33.4. The number of unbranched alkanes of at least 4 members (excludes halogenated alkanes) is 31. The van der Waals surface area contributed by atoms with Crippen molar-refractivity contribution in [2.24, 2.45) is 5.73 Å². The molecule has 81 heavy (non-hydrogen) atoms. The Hall–Kier alpha value is -3.33. The van der Waals surface area contributed by atoms with Crippen LogP contribution in [0.25, 0.3) is 0 Å². The molecule has 10 heteroatoms. The van der Waals surface area contributed by atoms with Gasteiger partial charge in [-0.15, -0.1) is 0 Å². The molecule has 0 bridgehead atoms. The summed E-state index contributed by atoms with van der Waals surface area (Å²) < 4.78 is 33.2. The number of ether oxygens (including phenoxy) is 2. The Labute approximate surface area is 499 Å². The highest BCUT2D eigenvalue weighted by Crippen LogP contribution is 2.43. The van der Waals surface area contributed by atoms with Crippen LogP contribution < -0.4 is 5.73 Å². The highest BCUT2D eigenvalue weighted by Gasteiger charge is 2.26. The Morgan fingerprint density at radius 3 is 1.01 bits per heavy atom. The van der Waals surface area contributed by atoms with E-state index in [-0.39, 0.29) is 38.6 Å². The molecule has 0 aliphatic carbocycles. The molecule has 0 aromatic heterocycles. The lowest BCUT2D eigenvalue weighted by Crippen LogP contribution is -2.29. The molecule has 0 aliphatic heterocycles. The largest absolute Gasteiger partial charge is 0.472 e. The fraction of sp³-hybridized carbons (Fsp3) is 0.718. The number of hydrogen-bond acceptors (Lipinski definition) is 8. The van der Waals surface area contributed by atoms with E-state index in [2.05, 4.69) is 123 Å². The highest BCUT2D eigenvalue weighted by molar-refractivity contribution is 7.47. The van der Waals surface area contributed by atoms with E-state index in [9.17, 15) is 19.0 Å². The van der Waals surface area contributed by atoms with Crippen molar-refractivity contribution in [3.8, 4) is 0 Å². The molecule has 0 amide bonds. The maximum Gasteiger partial charge on any atom is 0.472 e. The summed E-state index contributed by atoms with van der Waals surface area (Å²) in [5, 5.41) is 0. The molecule has 466 valence electrons. The van der Waals surface area contributed by atoms with Crippen molar-refractivity contribution in [3.63, 3.8) is 0 Å². The first-order valence-corrected chi connectivity index (χ1v) is 34.9. The third-order valence-corrected chi connectivity index (χ3v) is 15.1. The third-order valence-electron chi connectivity index (χ3n) is 14.1. The SMILES string of the molecule is CC/C=C\C/C=C\C/C=C\C/C=C\C/C=C\C/C=C\C/C=C\CCCCCCCCCCCCCCCC(=O)OC(COC(=O)CCCCCCCCCCCCCCC/C=C\C/C=C\CCCCCCC)COP(=O)(O)OCCN. The van der Waals surface area contributed by atoms with Crippen molar-refractivity contribution in [2.75, 3.05) is 26.4 Å². The van der Waals surface area contributed by atoms with Crippen LogP contribution in [-0.4, -0.2) is 49.3 Å². The van der Waals surface area contributed by atoms with E-state index in [1.807, 2.05) is 0 Å². The second-order valence-corrected chi connectivity index (χ2v) is 23.4. The summed E-state index contributed by atoms with van der Waals surface area (Å²) in [7, 11) is -4.40. The minimum atomic E-state index is -4.40. The molecule has 0 aliphatic rings. The van der Waals surface area contributed by atoms with Crippen LogP contribution in [0, 0.1) is 0 Å². The van der Waals surface area contributed by atoms with Crippen molar-refractivity contribution < 1.29 is 37.6 Å². The molecule has 0 fully saturated rings. The lowest BCUT2D eigenvalue weighted by Gasteiger charge is -2.19. The number of carbonyl (C=O) groups excluding carboxylic acids is 2. The lowest BCUT2D eigenvalue weighted by molar-refractivity contribution is -0.161. The predicted molar refractivity (Wildman–Crippen MR) is 348 cm³/mol. The van der Waals surface area contributed by atoms with E-state index in [0.717, 1.165) is 89.9 Å². The molecule has 0 aromatic rings. The molecule has 2 unspecified atom stereocenters. The van der Waals surface area contributed by atoms with Crippen LogP contribution in [0.2, 0.25) is 0 Å². The topological polar surface area (TPSA) is 134 Å². The minimum Gasteiger partial charge on any atom is -0.462 e. The van der Waals surface area contributed by atoms with Crippen LogP contribution in [-0.2, 0) is 32.7 Å². The first-order chi connectivity index (χ1) is 39.8. The van der Waals surface area contributed by atoms with Crippen LogP contribution in [0.4, 0.5) is 0 Å². The Morgan fingerprint density at radius 1 is 0.383 bits per heavy atom. The molecule has 0 saturated carbocycles. The van der Waals surface area contributed by atoms with Crippen molar-refractivity contribution in [1.29, 1.82) is 0 Å². The first kappa shape index (κ1) is 77.7. The molecular formula is C71H124NO8P. The molecule has 0 rings (SSSR count). The summed E-state index contributed by atoms with van der Waals surface area (Å²) in [6.07, 6.45) is 90.2.